The average molecular weight is 410 g/mol. The van der Waals surface area contributed by atoms with Crippen molar-refractivity contribution in [1.82, 2.24) is 15.2 Å². The minimum atomic E-state index is -0.260. The summed E-state index contributed by atoms with van der Waals surface area (Å²) in [6.07, 6.45) is 4.34. The van der Waals surface area contributed by atoms with E-state index < -0.39 is 0 Å². The number of rotatable bonds is 5. The number of carbonyl (C=O) groups is 2. The van der Waals surface area contributed by atoms with Crippen LogP contribution in [0.25, 0.3) is 11.3 Å². The molecule has 3 heterocycles. The number of hydrogen-bond donors (Lipinski definition) is 1. The third kappa shape index (κ3) is 4.40. The molecule has 150 valence electrons. The first-order valence-corrected chi connectivity index (χ1v) is 10.6. The molecule has 0 aliphatic carbocycles. The summed E-state index contributed by atoms with van der Waals surface area (Å²) in [6, 6.07) is 11.4. The standard InChI is InChI=1S/C22H23N3O3S/c1-15-7-9-16(10-8-15)18-14-29-21(24-18)22(27)25-11-3-2-5-17(25)13-23-20(26)19-6-4-12-28-19/h4,6-10,12,14,17H,2-3,5,11,13H2,1H3,(H,23,26)/t17-/m0/s1. The smallest absolute Gasteiger partial charge is 0.287 e. The van der Waals surface area contributed by atoms with Crippen LogP contribution in [-0.2, 0) is 0 Å². The van der Waals surface area contributed by atoms with Crippen LogP contribution >= 0.6 is 11.3 Å². The van der Waals surface area contributed by atoms with Gasteiger partial charge >= 0.3 is 0 Å². The quantitative estimate of drug-likeness (QED) is 0.687. The number of thiazole rings is 1. The number of aromatic nitrogens is 1. The molecule has 1 saturated heterocycles. The number of furan rings is 1. The summed E-state index contributed by atoms with van der Waals surface area (Å²) >= 11 is 1.37. The Morgan fingerprint density at radius 3 is 2.83 bits per heavy atom. The highest BCUT2D eigenvalue weighted by Gasteiger charge is 2.29. The maximum absolute atomic E-state index is 13.1. The Labute approximate surface area is 173 Å². The number of benzene rings is 1. The second-order valence-corrected chi connectivity index (χ2v) is 8.10. The number of carbonyl (C=O) groups excluding carboxylic acids is 2. The van der Waals surface area contributed by atoms with Crippen molar-refractivity contribution in [3.8, 4) is 11.3 Å². The molecule has 1 atom stereocenters. The summed E-state index contributed by atoms with van der Waals surface area (Å²) in [4.78, 5) is 31.7. The molecule has 1 fully saturated rings. The first-order chi connectivity index (χ1) is 14.1. The van der Waals surface area contributed by atoms with E-state index in [2.05, 4.69) is 10.3 Å². The second-order valence-electron chi connectivity index (χ2n) is 7.24. The molecule has 0 radical (unpaired) electrons. The van der Waals surface area contributed by atoms with Crippen LogP contribution in [0.4, 0.5) is 0 Å². The highest BCUT2D eigenvalue weighted by atomic mass is 32.1. The van der Waals surface area contributed by atoms with E-state index in [9.17, 15) is 9.59 Å². The summed E-state index contributed by atoms with van der Waals surface area (Å²) in [7, 11) is 0. The molecule has 2 amide bonds. The van der Waals surface area contributed by atoms with E-state index in [-0.39, 0.29) is 23.6 Å². The first-order valence-electron chi connectivity index (χ1n) is 9.77. The van der Waals surface area contributed by atoms with Crippen LogP contribution in [0.5, 0.6) is 0 Å². The largest absolute Gasteiger partial charge is 0.459 e. The van der Waals surface area contributed by atoms with Gasteiger partial charge in [0.05, 0.1) is 12.0 Å². The summed E-state index contributed by atoms with van der Waals surface area (Å²) in [6.45, 7) is 3.13. The molecule has 1 aliphatic heterocycles. The zero-order valence-corrected chi connectivity index (χ0v) is 17.1. The second kappa shape index (κ2) is 8.61. The predicted molar refractivity (Wildman–Crippen MR) is 112 cm³/mol. The maximum atomic E-state index is 13.1. The van der Waals surface area contributed by atoms with Gasteiger partial charge in [0.1, 0.15) is 0 Å². The molecule has 3 aromatic rings. The number of nitrogens with one attached hydrogen (secondary N) is 1. The Morgan fingerprint density at radius 1 is 1.24 bits per heavy atom. The molecular weight excluding hydrogens is 386 g/mol. The van der Waals surface area contributed by atoms with Gasteiger partial charge in [-0.3, -0.25) is 9.59 Å². The summed E-state index contributed by atoms with van der Waals surface area (Å²) < 4.78 is 5.13. The maximum Gasteiger partial charge on any atom is 0.287 e. The van der Waals surface area contributed by atoms with E-state index in [0.29, 0.717) is 18.1 Å². The predicted octanol–water partition coefficient (Wildman–Crippen LogP) is 4.14. The van der Waals surface area contributed by atoms with Crippen molar-refractivity contribution in [2.24, 2.45) is 0 Å². The molecule has 2 aromatic heterocycles. The van der Waals surface area contributed by atoms with Crippen molar-refractivity contribution in [1.29, 1.82) is 0 Å². The fraction of sp³-hybridized carbons (Fsp3) is 0.318. The Bertz CT molecular complexity index is 979. The molecule has 0 spiro atoms. The minimum absolute atomic E-state index is 0.0399. The SMILES string of the molecule is Cc1ccc(-c2csc(C(=O)N3CCCC[C@H]3CNC(=O)c3ccco3)n2)cc1. The van der Waals surface area contributed by atoms with Gasteiger partial charge in [0.25, 0.3) is 11.8 Å². The van der Waals surface area contributed by atoms with Gasteiger partial charge in [-0.1, -0.05) is 29.8 Å². The van der Waals surface area contributed by atoms with Crippen LogP contribution in [0.2, 0.25) is 0 Å². The van der Waals surface area contributed by atoms with Gasteiger partial charge in [-0.05, 0) is 38.3 Å². The van der Waals surface area contributed by atoms with Crippen molar-refractivity contribution in [3.05, 3.63) is 64.4 Å². The van der Waals surface area contributed by atoms with Crippen LogP contribution in [0.15, 0.2) is 52.5 Å². The number of amides is 2. The summed E-state index contributed by atoms with van der Waals surface area (Å²) in [5.74, 6) is -0.0458. The molecule has 0 bridgehead atoms. The van der Waals surface area contributed by atoms with Gasteiger partial charge in [0, 0.05) is 30.1 Å². The molecule has 29 heavy (non-hydrogen) atoms. The number of piperidine rings is 1. The van der Waals surface area contributed by atoms with Crippen LogP contribution in [-0.4, -0.2) is 40.8 Å². The molecule has 0 saturated carbocycles. The van der Waals surface area contributed by atoms with Crippen LogP contribution in [0.1, 0.15) is 45.2 Å². The lowest BCUT2D eigenvalue weighted by Crippen LogP contribution is -2.49. The lowest BCUT2D eigenvalue weighted by atomic mass is 10.0. The molecular formula is C22H23N3O3S. The van der Waals surface area contributed by atoms with Crippen LogP contribution in [0, 0.1) is 6.92 Å². The van der Waals surface area contributed by atoms with Crippen molar-refractivity contribution < 1.29 is 14.0 Å². The fourth-order valence-corrected chi connectivity index (χ4v) is 4.32. The van der Waals surface area contributed by atoms with Gasteiger partial charge in [-0.25, -0.2) is 4.98 Å². The van der Waals surface area contributed by atoms with Crippen LogP contribution < -0.4 is 5.32 Å². The molecule has 1 N–H and O–H groups in total. The van der Waals surface area contributed by atoms with E-state index in [1.54, 1.807) is 12.1 Å². The van der Waals surface area contributed by atoms with Gasteiger partial charge in [-0.2, -0.15) is 0 Å². The van der Waals surface area contributed by atoms with E-state index in [0.717, 1.165) is 30.5 Å². The third-order valence-corrected chi connectivity index (χ3v) is 6.00. The Morgan fingerprint density at radius 2 is 2.07 bits per heavy atom. The monoisotopic (exact) mass is 409 g/mol. The van der Waals surface area contributed by atoms with Crippen molar-refractivity contribution in [2.75, 3.05) is 13.1 Å². The first kappa shape index (κ1) is 19.4. The van der Waals surface area contributed by atoms with Gasteiger partial charge < -0.3 is 14.6 Å². The molecule has 6 nitrogen and oxygen atoms in total. The molecule has 0 unspecified atom stereocenters. The number of aryl methyl sites for hydroxylation is 1. The van der Waals surface area contributed by atoms with Crippen molar-refractivity contribution in [3.63, 3.8) is 0 Å². The van der Waals surface area contributed by atoms with Gasteiger partial charge in [0.2, 0.25) is 0 Å². The molecule has 7 heteroatoms. The highest BCUT2D eigenvalue weighted by molar-refractivity contribution is 7.12. The average Bonchev–Trinajstić information content (AvgIpc) is 3.45. The Kier molecular flexibility index (Phi) is 5.76. The summed E-state index contributed by atoms with van der Waals surface area (Å²) in [5, 5.41) is 5.30. The normalized spacial score (nSPS) is 16.6. The zero-order valence-electron chi connectivity index (χ0n) is 16.3. The highest BCUT2D eigenvalue weighted by Crippen LogP contribution is 2.25. The lowest BCUT2D eigenvalue weighted by Gasteiger charge is -2.35. The van der Waals surface area contributed by atoms with Gasteiger partial charge in [0.15, 0.2) is 10.8 Å². The van der Waals surface area contributed by atoms with E-state index >= 15 is 0 Å². The Balaban J connectivity index is 1.44. The number of likely N-dealkylation sites (tertiary alicyclic amines) is 1. The molecule has 1 aliphatic rings. The fourth-order valence-electron chi connectivity index (χ4n) is 3.54. The Hall–Kier alpha value is -2.93. The van der Waals surface area contributed by atoms with Crippen molar-refractivity contribution >= 4 is 23.2 Å². The zero-order chi connectivity index (χ0) is 20.2. The molecule has 4 rings (SSSR count). The van der Waals surface area contributed by atoms with E-state index in [1.165, 1.54) is 23.2 Å². The molecule has 1 aromatic carbocycles. The topological polar surface area (TPSA) is 75.4 Å². The number of nitrogens with zero attached hydrogens (tertiary/aromatic N) is 2. The lowest BCUT2D eigenvalue weighted by molar-refractivity contribution is 0.0600. The summed E-state index contributed by atoms with van der Waals surface area (Å²) in [5.41, 5.74) is 3.01. The van der Waals surface area contributed by atoms with Gasteiger partial charge in [-0.15, -0.1) is 11.3 Å². The van der Waals surface area contributed by atoms with Crippen LogP contribution in [0.3, 0.4) is 0 Å². The third-order valence-electron chi connectivity index (χ3n) is 5.17. The number of hydrogen-bond acceptors (Lipinski definition) is 5. The van der Waals surface area contributed by atoms with Crippen molar-refractivity contribution in [2.45, 2.75) is 32.2 Å². The van der Waals surface area contributed by atoms with E-state index in [1.807, 2.05) is 41.5 Å². The van der Waals surface area contributed by atoms with E-state index in [4.69, 9.17) is 4.42 Å². The minimum Gasteiger partial charge on any atom is -0.459 e.